The van der Waals surface area contributed by atoms with Crippen molar-refractivity contribution in [1.29, 1.82) is 0 Å². The minimum atomic E-state index is -0.298. The van der Waals surface area contributed by atoms with Crippen LogP contribution in [-0.4, -0.2) is 32.3 Å². The summed E-state index contributed by atoms with van der Waals surface area (Å²) in [5, 5.41) is 6.98. The SMILES string of the molecule is CCOOCc1ccc2c(c1)SSc1cc(C(=O)OCC)ccc1NCCCN2. The third-order valence-corrected chi connectivity index (χ3v) is 6.62. The highest BCUT2D eigenvalue weighted by molar-refractivity contribution is 8.76. The van der Waals surface area contributed by atoms with E-state index >= 15 is 0 Å². The van der Waals surface area contributed by atoms with Crippen LogP contribution >= 0.6 is 21.6 Å². The van der Waals surface area contributed by atoms with Crippen molar-refractivity contribution >= 4 is 38.9 Å². The maximum atomic E-state index is 12.1. The average molecular weight is 435 g/mol. The molecular weight excluding hydrogens is 408 g/mol. The van der Waals surface area contributed by atoms with E-state index in [1.54, 1.807) is 21.6 Å². The Morgan fingerprint density at radius 3 is 2.31 bits per heavy atom. The Labute approximate surface area is 179 Å². The molecule has 2 aromatic rings. The third-order valence-electron chi connectivity index (χ3n) is 4.17. The summed E-state index contributed by atoms with van der Waals surface area (Å²) >= 11 is 0. The predicted octanol–water partition coefficient (Wildman–Crippen LogP) is 5.36. The first-order valence-corrected chi connectivity index (χ1v) is 11.9. The molecule has 3 rings (SSSR count). The number of benzene rings is 2. The maximum absolute atomic E-state index is 12.1. The van der Waals surface area contributed by atoms with Crippen molar-refractivity contribution in [3.63, 3.8) is 0 Å². The molecule has 0 saturated carbocycles. The van der Waals surface area contributed by atoms with Gasteiger partial charge in [-0.3, -0.25) is 0 Å². The fraction of sp³-hybridized carbons (Fsp3) is 0.381. The standard InChI is InChI=1S/C21H26N2O4S2/c1-3-25-21(24)16-7-9-18-20(13-16)29-28-19-12-15(14-27-26-4-2)6-8-17(19)22-10-5-11-23-18/h6-9,12-13,22-23H,3-5,10-11,14H2,1-2H3. The first kappa shape index (κ1) is 21.8. The number of hydrogen-bond acceptors (Lipinski definition) is 8. The van der Waals surface area contributed by atoms with Gasteiger partial charge in [0.15, 0.2) is 0 Å². The van der Waals surface area contributed by atoms with Crippen LogP contribution in [0.1, 0.15) is 36.2 Å². The first-order chi connectivity index (χ1) is 14.2. The van der Waals surface area contributed by atoms with E-state index in [0.29, 0.717) is 25.4 Å². The van der Waals surface area contributed by atoms with Crippen LogP contribution in [0.25, 0.3) is 0 Å². The van der Waals surface area contributed by atoms with E-state index in [-0.39, 0.29) is 5.97 Å². The molecule has 0 unspecified atom stereocenters. The number of anilines is 2. The molecule has 0 fully saturated rings. The molecule has 2 N–H and O–H groups in total. The number of hydrogen-bond donors (Lipinski definition) is 2. The van der Waals surface area contributed by atoms with E-state index in [1.165, 1.54) is 0 Å². The van der Waals surface area contributed by atoms with E-state index in [0.717, 1.165) is 46.2 Å². The van der Waals surface area contributed by atoms with Gasteiger partial charge in [0.2, 0.25) is 0 Å². The molecule has 2 aromatic carbocycles. The topological polar surface area (TPSA) is 68.8 Å². The molecule has 0 aromatic heterocycles. The normalized spacial score (nSPS) is 13.9. The number of carbonyl (C=O) groups is 1. The number of carbonyl (C=O) groups excluding carboxylic acids is 1. The van der Waals surface area contributed by atoms with E-state index in [4.69, 9.17) is 14.5 Å². The summed E-state index contributed by atoms with van der Waals surface area (Å²) < 4.78 is 5.15. The molecule has 1 aliphatic rings. The van der Waals surface area contributed by atoms with Crippen LogP contribution in [0.15, 0.2) is 46.2 Å². The highest BCUT2D eigenvalue weighted by Crippen LogP contribution is 2.44. The Balaban J connectivity index is 1.83. The van der Waals surface area contributed by atoms with Gasteiger partial charge in [0.05, 0.1) is 18.8 Å². The van der Waals surface area contributed by atoms with Crippen molar-refractivity contribution in [2.75, 3.05) is 36.9 Å². The van der Waals surface area contributed by atoms with Gasteiger partial charge in [-0.05, 0) is 56.2 Å². The molecular formula is C21H26N2O4S2. The molecule has 0 spiro atoms. The monoisotopic (exact) mass is 434 g/mol. The second kappa shape index (κ2) is 11.3. The Morgan fingerprint density at radius 1 is 0.931 bits per heavy atom. The van der Waals surface area contributed by atoms with Gasteiger partial charge in [-0.1, -0.05) is 27.7 Å². The van der Waals surface area contributed by atoms with Crippen LogP contribution in [0.4, 0.5) is 11.4 Å². The Morgan fingerprint density at radius 2 is 1.62 bits per heavy atom. The van der Waals surface area contributed by atoms with Crippen LogP contribution in [0, 0.1) is 0 Å². The smallest absolute Gasteiger partial charge is 0.338 e. The average Bonchev–Trinajstić information content (AvgIpc) is 2.77. The largest absolute Gasteiger partial charge is 0.462 e. The number of fused-ring (bicyclic) bond motifs is 2. The summed E-state index contributed by atoms with van der Waals surface area (Å²) in [7, 11) is 3.27. The second-order valence-electron chi connectivity index (χ2n) is 6.30. The molecule has 1 heterocycles. The zero-order valence-corrected chi connectivity index (χ0v) is 18.3. The van der Waals surface area contributed by atoms with E-state index < -0.39 is 0 Å². The van der Waals surface area contributed by atoms with Crippen molar-refractivity contribution in [3.05, 3.63) is 47.5 Å². The molecule has 6 nitrogen and oxygen atoms in total. The zero-order valence-electron chi connectivity index (χ0n) is 16.7. The van der Waals surface area contributed by atoms with Gasteiger partial charge in [-0.2, -0.15) is 0 Å². The summed E-state index contributed by atoms with van der Waals surface area (Å²) in [6, 6.07) is 11.9. The highest BCUT2D eigenvalue weighted by atomic mass is 33.1. The Kier molecular flexibility index (Phi) is 8.54. The van der Waals surface area contributed by atoms with Gasteiger partial charge in [0, 0.05) is 34.3 Å². The molecule has 8 heteroatoms. The molecule has 156 valence electrons. The fourth-order valence-corrected chi connectivity index (χ4v) is 5.15. The third kappa shape index (κ3) is 6.30. The Bertz CT molecular complexity index is 832. The van der Waals surface area contributed by atoms with Crippen molar-refractivity contribution < 1.29 is 19.3 Å². The summed E-state index contributed by atoms with van der Waals surface area (Å²) in [5.74, 6) is -0.298. The quantitative estimate of drug-likeness (QED) is 0.207. The molecule has 29 heavy (non-hydrogen) atoms. The van der Waals surface area contributed by atoms with E-state index in [1.807, 2.05) is 38.1 Å². The lowest BCUT2D eigenvalue weighted by Crippen LogP contribution is -2.10. The Hall–Kier alpha value is -1.87. The molecule has 0 radical (unpaired) electrons. The van der Waals surface area contributed by atoms with Gasteiger partial charge < -0.3 is 15.4 Å². The molecule has 0 saturated heterocycles. The van der Waals surface area contributed by atoms with Gasteiger partial charge in [0.25, 0.3) is 0 Å². The van der Waals surface area contributed by atoms with Crippen molar-refractivity contribution in [3.8, 4) is 0 Å². The lowest BCUT2D eigenvalue weighted by atomic mass is 10.2. The zero-order chi connectivity index (χ0) is 20.5. The maximum Gasteiger partial charge on any atom is 0.338 e. The second-order valence-corrected chi connectivity index (χ2v) is 8.52. The van der Waals surface area contributed by atoms with Crippen molar-refractivity contribution in [2.45, 2.75) is 36.7 Å². The van der Waals surface area contributed by atoms with Gasteiger partial charge in [0.1, 0.15) is 6.61 Å². The van der Waals surface area contributed by atoms with Crippen LogP contribution in [0.2, 0.25) is 0 Å². The minimum Gasteiger partial charge on any atom is -0.462 e. The minimum absolute atomic E-state index is 0.298. The molecule has 0 amide bonds. The van der Waals surface area contributed by atoms with Crippen LogP contribution < -0.4 is 10.6 Å². The first-order valence-electron chi connectivity index (χ1n) is 9.72. The lowest BCUT2D eigenvalue weighted by Gasteiger charge is -2.13. The summed E-state index contributed by atoms with van der Waals surface area (Å²) in [5.41, 5.74) is 3.72. The van der Waals surface area contributed by atoms with Crippen LogP contribution in [-0.2, 0) is 21.1 Å². The fourth-order valence-electron chi connectivity index (χ4n) is 2.77. The summed E-state index contributed by atoms with van der Waals surface area (Å²) in [6.07, 6.45) is 0.975. The number of ether oxygens (including phenoxy) is 1. The molecule has 1 aliphatic heterocycles. The molecule has 0 aliphatic carbocycles. The van der Waals surface area contributed by atoms with E-state index in [9.17, 15) is 4.79 Å². The lowest BCUT2D eigenvalue weighted by molar-refractivity contribution is -0.300. The van der Waals surface area contributed by atoms with Gasteiger partial charge in [-0.25, -0.2) is 14.6 Å². The van der Waals surface area contributed by atoms with Crippen molar-refractivity contribution in [2.24, 2.45) is 0 Å². The summed E-state index contributed by atoms with van der Waals surface area (Å²) in [4.78, 5) is 24.5. The molecule has 0 bridgehead atoms. The van der Waals surface area contributed by atoms with Crippen molar-refractivity contribution in [1.82, 2.24) is 0 Å². The van der Waals surface area contributed by atoms with Crippen LogP contribution in [0.3, 0.4) is 0 Å². The number of rotatable bonds is 6. The van der Waals surface area contributed by atoms with Gasteiger partial charge >= 0.3 is 5.97 Å². The van der Waals surface area contributed by atoms with E-state index in [2.05, 4.69) is 22.8 Å². The number of esters is 1. The number of nitrogens with one attached hydrogen (secondary N) is 2. The predicted molar refractivity (Wildman–Crippen MR) is 119 cm³/mol. The summed E-state index contributed by atoms with van der Waals surface area (Å²) in [6.45, 7) is 6.70. The van der Waals surface area contributed by atoms with Gasteiger partial charge in [-0.15, -0.1) is 0 Å². The molecule has 0 atom stereocenters. The highest BCUT2D eigenvalue weighted by Gasteiger charge is 2.14. The van der Waals surface area contributed by atoms with Crippen LogP contribution in [0.5, 0.6) is 0 Å².